The van der Waals surface area contributed by atoms with Gasteiger partial charge in [0.1, 0.15) is 4.88 Å². The van der Waals surface area contributed by atoms with Gasteiger partial charge in [0.25, 0.3) is 0 Å². The molecule has 0 amide bonds. The van der Waals surface area contributed by atoms with Gasteiger partial charge in [-0.2, -0.15) is 0 Å². The molecule has 0 radical (unpaired) electrons. The molecule has 3 rings (SSSR count). The molecular formula is C16H10O3S. The van der Waals surface area contributed by atoms with Crippen LogP contribution in [-0.2, 0) is 0 Å². The largest absolute Gasteiger partial charge is 0.477 e. The maximum atomic E-state index is 12.0. The summed E-state index contributed by atoms with van der Waals surface area (Å²) in [4.78, 5) is 23.1. The molecule has 0 fully saturated rings. The molecule has 0 atom stereocenters. The number of fused-ring (bicyclic) bond motifs is 1. The third-order valence-electron chi connectivity index (χ3n) is 3.05. The van der Waals surface area contributed by atoms with Crippen molar-refractivity contribution in [3.8, 4) is 11.1 Å². The number of carboxylic acid groups (broad SMARTS) is 1. The molecule has 1 N–H and O–H groups in total. The van der Waals surface area contributed by atoms with Crippen LogP contribution in [0.1, 0.15) is 9.67 Å². The summed E-state index contributed by atoms with van der Waals surface area (Å²) >= 11 is 1.11. The van der Waals surface area contributed by atoms with Gasteiger partial charge in [-0.1, -0.05) is 36.4 Å². The van der Waals surface area contributed by atoms with Gasteiger partial charge < -0.3 is 5.11 Å². The fourth-order valence-corrected chi connectivity index (χ4v) is 2.97. The number of benzene rings is 2. The van der Waals surface area contributed by atoms with Crippen molar-refractivity contribution >= 4 is 27.4 Å². The molecule has 2 aromatic carbocycles. The zero-order valence-electron chi connectivity index (χ0n) is 10.4. The molecule has 1 aromatic heterocycles. The second-order valence-electron chi connectivity index (χ2n) is 4.36. The van der Waals surface area contributed by atoms with Crippen LogP contribution in [-0.4, -0.2) is 11.1 Å². The maximum Gasteiger partial charge on any atom is 0.346 e. The van der Waals surface area contributed by atoms with Crippen molar-refractivity contribution in [2.24, 2.45) is 0 Å². The topological polar surface area (TPSA) is 54.4 Å². The molecule has 98 valence electrons. The van der Waals surface area contributed by atoms with E-state index < -0.39 is 5.97 Å². The Morgan fingerprint density at radius 2 is 1.70 bits per heavy atom. The van der Waals surface area contributed by atoms with Crippen LogP contribution in [0.2, 0.25) is 0 Å². The summed E-state index contributed by atoms with van der Waals surface area (Å²) in [6, 6.07) is 16.5. The number of rotatable bonds is 2. The average molecular weight is 282 g/mol. The summed E-state index contributed by atoms with van der Waals surface area (Å²) < 4.78 is 0.689. The third-order valence-corrected chi connectivity index (χ3v) is 4.13. The highest BCUT2D eigenvalue weighted by Crippen LogP contribution is 2.25. The molecule has 0 aliphatic heterocycles. The Bertz CT molecular complexity index is 850. The summed E-state index contributed by atoms with van der Waals surface area (Å²) in [6.45, 7) is 0. The number of carboxylic acids is 1. The van der Waals surface area contributed by atoms with E-state index in [0.717, 1.165) is 22.5 Å². The first-order valence-corrected chi connectivity index (χ1v) is 6.83. The second kappa shape index (κ2) is 4.90. The Labute approximate surface area is 118 Å². The number of aromatic carboxylic acids is 1. The first-order chi connectivity index (χ1) is 9.65. The van der Waals surface area contributed by atoms with Gasteiger partial charge in [0, 0.05) is 16.2 Å². The monoisotopic (exact) mass is 282 g/mol. The van der Waals surface area contributed by atoms with Gasteiger partial charge in [0.15, 0.2) is 5.43 Å². The van der Waals surface area contributed by atoms with Crippen molar-refractivity contribution in [3.05, 3.63) is 69.7 Å². The zero-order chi connectivity index (χ0) is 14.1. The first kappa shape index (κ1) is 12.6. The van der Waals surface area contributed by atoms with Crippen molar-refractivity contribution in [2.75, 3.05) is 0 Å². The summed E-state index contributed by atoms with van der Waals surface area (Å²) in [5.74, 6) is -1.07. The quantitative estimate of drug-likeness (QED) is 0.781. The number of hydrogen-bond acceptors (Lipinski definition) is 3. The fourth-order valence-electron chi connectivity index (χ4n) is 2.07. The van der Waals surface area contributed by atoms with E-state index in [1.54, 1.807) is 6.07 Å². The van der Waals surface area contributed by atoms with Gasteiger partial charge in [-0.3, -0.25) is 4.79 Å². The molecule has 20 heavy (non-hydrogen) atoms. The summed E-state index contributed by atoms with van der Waals surface area (Å²) in [6.07, 6.45) is 0. The van der Waals surface area contributed by atoms with Gasteiger partial charge in [-0.25, -0.2) is 4.79 Å². The third kappa shape index (κ3) is 2.21. The minimum Gasteiger partial charge on any atom is -0.477 e. The summed E-state index contributed by atoms with van der Waals surface area (Å²) in [7, 11) is 0. The van der Waals surface area contributed by atoms with E-state index in [2.05, 4.69) is 0 Å². The lowest BCUT2D eigenvalue weighted by Gasteiger charge is -2.04. The molecule has 0 aliphatic rings. The van der Waals surface area contributed by atoms with E-state index in [9.17, 15) is 9.59 Å². The molecule has 0 unspecified atom stereocenters. The lowest BCUT2D eigenvalue weighted by atomic mass is 10.0. The highest BCUT2D eigenvalue weighted by atomic mass is 32.1. The molecule has 0 bridgehead atoms. The van der Waals surface area contributed by atoms with E-state index in [1.807, 2.05) is 42.5 Å². The van der Waals surface area contributed by atoms with Gasteiger partial charge in [-0.05, 0) is 23.3 Å². The smallest absolute Gasteiger partial charge is 0.346 e. The predicted octanol–water partition coefficient (Wildman–Crippen LogP) is 3.63. The van der Waals surface area contributed by atoms with Crippen LogP contribution < -0.4 is 5.43 Å². The minimum atomic E-state index is -1.07. The van der Waals surface area contributed by atoms with Crippen LogP contribution in [0.15, 0.2) is 59.4 Å². The first-order valence-electron chi connectivity index (χ1n) is 6.02. The lowest BCUT2D eigenvalue weighted by Crippen LogP contribution is -2.04. The van der Waals surface area contributed by atoms with Crippen molar-refractivity contribution in [1.29, 1.82) is 0 Å². The highest BCUT2D eigenvalue weighted by molar-refractivity contribution is 7.20. The van der Waals surface area contributed by atoms with Crippen LogP contribution in [0.4, 0.5) is 0 Å². The average Bonchev–Trinajstić information content (AvgIpc) is 2.47. The van der Waals surface area contributed by atoms with E-state index in [1.165, 1.54) is 6.07 Å². The standard InChI is InChI=1S/C16H10O3S/c17-13-9-15(16(18)19)20-14-7-6-11(8-12(13)14)10-4-2-1-3-5-10/h1-9H,(H,18,19). The van der Waals surface area contributed by atoms with Crippen LogP contribution >= 0.6 is 11.3 Å². The van der Waals surface area contributed by atoms with Crippen molar-refractivity contribution < 1.29 is 9.90 Å². The molecule has 0 saturated carbocycles. The van der Waals surface area contributed by atoms with Crippen molar-refractivity contribution in [1.82, 2.24) is 0 Å². The van der Waals surface area contributed by atoms with Crippen LogP contribution in [0.3, 0.4) is 0 Å². The molecule has 1 heterocycles. The maximum absolute atomic E-state index is 12.0. The molecule has 3 aromatic rings. The van der Waals surface area contributed by atoms with E-state index in [-0.39, 0.29) is 10.3 Å². The van der Waals surface area contributed by atoms with Gasteiger partial charge >= 0.3 is 5.97 Å². The summed E-state index contributed by atoms with van der Waals surface area (Å²) in [5.41, 5.74) is 1.72. The second-order valence-corrected chi connectivity index (χ2v) is 5.44. The number of hydrogen-bond donors (Lipinski definition) is 1. The SMILES string of the molecule is O=C(O)c1cc(=O)c2cc(-c3ccccc3)ccc2s1. The molecule has 0 spiro atoms. The van der Waals surface area contributed by atoms with Crippen molar-refractivity contribution in [3.63, 3.8) is 0 Å². The van der Waals surface area contributed by atoms with Gasteiger partial charge in [-0.15, -0.1) is 11.3 Å². The van der Waals surface area contributed by atoms with E-state index in [0.29, 0.717) is 10.1 Å². The lowest BCUT2D eigenvalue weighted by molar-refractivity contribution is 0.0702. The fraction of sp³-hybridized carbons (Fsp3) is 0. The number of carbonyl (C=O) groups is 1. The molecular weight excluding hydrogens is 272 g/mol. The Morgan fingerprint density at radius 1 is 0.950 bits per heavy atom. The van der Waals surface area contributed by atoms with Crippen LogP contribution in [0, 0.1) is 0 Å². The van der Waals surface area contributed by atoms with E-state index >= 15 is 0 Å². The van der Waals surface area contributed by atoms with Crippen LogP contribution in [0.5, 0.6) is 0 Å². The Morgan fingerprint density at radius 3 is 2.40 bits per heavy atom. The Hall–Kier alpha value is -2.46. The molecule has 0 saturated heterocycles. The highest BCUT2D eigenvalue weighted by Gasteiger charge is 2.09. The molecule has 3 nitrogen and oxygen atoms in total. The zero-order valence-corrected chi connectivity index (χ0v) is 11.2. The molecule has 4 heteroatoms. The minimum absolute atomic E-state index is 0.0648. The molecule has 0 aliphatic carbocycles. The predicted molar refractivity (Wildman–Crippen MR) is 80.5 cm³/mol. The Kier molecular flexibility index (Phi) is 3.08. The summed E-state index contributed by atoms with van der Waals surface area (Å²) in [5, 5.41) is 9.53. The van der Waals surface area contributed by atoms with Gasteiger partial charge in [0.05, 0.1) is 0 Å². The van der Waals surface area contributed by atoms with Gasteiger partial charge in [0.2, 0.25) is 0 Å². The van der Waals surface area contributed by atoms with E-state index in [4.69, 9.17) is 5.11 Å². The van der Waals surface area contributed by atoms with Crippen molar-refractivity contribution in [2.45, 2.75) is 0 Å². The normalized spacial score (nSPS) is 10.6. The van der Waals surface area contributed by atoms with Crippen LogP contribution in [0.25, 0.3) is 21.2 Å². The Balaban J connectivity index is 2.23.